The molecule has 1 amide bonds. The maximum absolute atomic E-state index is 12.2. The maximum Gasteiger partial charge on any atom is 0.251 e. The number of rotatable bonds is 7. The van der Waals surface area contributed by atoms with Crippen LogP contribution in [-0.4, -0.2) is 40.8 Å². The number of carbonyl (C=O) groups is 1. The molecule has 0 saturated carbocycles. The molecule has 140 valence electrons. The zero-order valence-electron chi connectivity index (χ0n) is 14.8. The van der Waals surface area contributed by atoms with Gasteiger partial charge in [-0.1, -0.05) is 23.7 Å². The highest BCUT2D eigenvalue weighted by atomic mass is 35.5. The Labute approximate surface area is 158 Å². The van der Waals surface area contributed by atoms with E-state index in [0.29, 0.717) is 22.0 Å². The molecule has 0 saturated heterocycles. The first-order chi connectivity index (χ1) is 12.2. The fourth-order valence-corrected chi connectivity index (χ4v) is 3.45. The third-order valence-electron chi connectivity index (χ3n) is 3.78. The molecule has 0 aliphatic rings. The molecule has 0 spiro atoms. The molecule has 6 nitrogen and oxygen atoms in total. The number of hydrogen-bond acceptors (Lipinski definition) is 4. The number of amides is 1. The Morgan fingerprint density at radius 3 is 2.58 bits per heavy atom. The predicted molar refractivity (Wildman–Crippen MR) is 104 cm³/mol. The number of nitrogens with zero attached hydrogens (tertiary/aromatic N) is 1. The minimum Gasteiger partial charge on any atom is -0.497 e. The van der Waals surface area contributed by atoms with Crippen molar-refractivity contribution in [3.05, 3.63) is 58.6 Å². The molecule has 0 atom stereocenters. The summed E-state index contributed by atoms with van der Waals surface area (Å²) in [5, 5.41) is 3.20. The van der Waals surface area contributed by atoms with E-state index in [9.17, 15) is 13.2 Å². The fourth-order valence-electron chi connectivity index (χ4n) is 2.36. The van der Waals surface area contributed by atoms with Gasteiger partial charge in [0.15, 0.2) is 0 Å². The van der Waals surface area contributed by atoms with Gasteiger partial charge in [0.25, 0.3) is 5.91 Å². The summed E-state index contributed by atoms with van der Waals surface area (Å²) >= 11 is 6.10. The highest BCUT2D eigenvalue weighted by molar-refractivity contribution is 7.92. The molecule has 2 aromatic carbocycles. The van der Waals surface area contributed by atoms with Crippen molar-refractivity contribution in [2.24, 2.45) is 0 Å². The minimum atomic E-state index is -3.52. The standard InChI is InChI=1S/C18H21ClN2O4S/c1-13-7-8-15(12-17(13)19)21(26(3,23)24)10-9-20-18(22)14-5-4-6-16(11-14)25-2/h4-8,11-12H,9-10H2,1-3H3,(H,20,22). The number of hydrogen-bond donors (Lipinski definition) is 1. The topological polar surface area (TPSA) is 75.7 Å². The largest absolute Gasteiger partial charge is 0.497 e. The van der Waals surface area contributed by atoms with Gasteiger partial charge < -0.3 is 10.1 Å². The summed E-state index contributed by atoms with van der Waals surface area (Å²) in [7, 11) is -2.00. The number of nitrogens with one attached hydrogen (secondary N) is 1. The monoisotopic (exact) mass is 396 g/mol. The van der Waals surface area contributed by atoms with Gasteiger partial charge in [-0.3, -0.25) is 9.10 Å². The Hall–Kier alpha value is -2.25. The fraction of sp³-hybridized carbons (Fsp3) is 0.278. The quantitative estimate of drug-likeness (QED) is 0.780. The van der Waals surface area contributed by atoms with Gasteiger partial charge in [0, 0.05) is 17.1 Å². The van der Waals surface area contributed by atoms with Crippen LogP contribution >= 0.6 is 11.6 Å². The first kappa shape index (κ1) is 20.1. The van der Waals surface area contributed by atoms with Crippen LogP contribution in [0.25, 0.3) is 0 Å². The first-order valence-electron chi connectivity index (χ1n) is 7.88. The third-order valence-corrected chi connectivity index (χ3v) is 5.38. The van der Waals surface area contributed by atoms with Crippen LogP contribution in [0.4, 0.5) is 5.69 Å². The van der Waals surface area contributed by atoms with Gasteiger partial charge in [-0.05, 0) is 42.8 Å². The van der Waals surface area contributed by atoms with Crippen molar-refractivity contribution >= 4 is 33.2 Å². The van der Waals surface area contributed by atoms with Gasteiger partial charge in [0.2, 0.25) is 10.0 Å². The highest BCUT2D eigenvalue weighted by Crippen LogP contribution is 2.24. The molecular formula is C18H21ClN2O4S. The van der Waals surface area contributed by atoms with E-state index < -0.39 is 10.0 Å². The first-order valence-corrected chi connectivity index (χ1v) is 10.1. The van der Waals surface area contributed by atoms with Crippen molar-refractivity contribution in [1.29, 1.82) is 0 Å². The van der Waals surface area contributed by atoms with Gasteiger partial charge in [-0.15, -0.1) is 0 Å². The number of halogens is 1. The summed E-state index contributed by atoms with van der Waals surface area (Å²) in [6.07, 6.45) is 1.12. The zero-order chi connectivity index (χ0) is 19.3. The van der Waals surface area contributed by atoms with Gasteiger partial charge in [0.05, 0.1) is 25.6 Å². The number of anilines is 1. The Balaban J connectivity index is 2.08. The Morgan fingerprint density at radius 2 is 1.96 bits per heavy atom. The second-order valence-electron chi connectivity index (χ2n) is 5.76. The second-order valence-corrected chi connectivity index (χ2v) is 8.07. The van der Waals surface area contributed by atoms with Crippen LogP contribution in [0.1, 0.15) is 15.9 Å². The summed E-state index contributed by atoms with van der Waals surface area (Å²) in [4.78, 5) is 12.2. The molecule has 0 aliphatic carbocycles. The summed E-state index contributed by atoms with van der Waals surface area (Å²) in [6.45, 7) is 2.08. The lowest BCUT2D eigenvalue weighted by molar-refractivity contribution is 0.0954. The molecule has 0 bridgehead atoms. The van der Waals surface area contributed by atoms with Crippen LogP contribution in [0, 0.1) is 6.92 Å². The average Bonchev–Trinajstić information content (AvgIpc) is 2.60. The second kappa shape index (κ2) is 8.42. The Kier molecular flexibility index (Phi) is 6.50. The smallest absolute Gasteiger partial charge is 0.251 e. The van der Waals surface area contributed by atoms with E-state index in [-0.39, 0.29) is 19.0 Å². The van der Waals surface area contributed by atoms with Crippen molar-refractivity contribution in [1.82, 2.24) is 5.32 Å². The Morgan fingerprint density at radius 1 is 1.23 bits per heavy atom. The van der Waals surface area contributed by atoms with E-state index in [1.54, 1.807) is 42.5 Å². The SMILES string of the molecule is COc1cccc(C(=O)NCCN(c2ccc(C)c(Cl)c2)S(C)(=O)=O)c1. The molecule has 0 heterocycles. The van der Waals surface area contributed by atoms with E-state index in [2.05, 4.69) is 5.32 Å². The molecular weight excluding hydrogens is 376 g/mol. The highest BCUT2D eigenvalue weighted by Gasteiger charge is 2.18. The van der Waals surface area contributed by atoms with E-state index in [1.807, 2.05) is 6.92 Å². The number of sulfonamides is 1. The van der Waals surface area contributed by atoms with Gasteiger partial charge in [-0.2, -0.15) is 0 Å². The van der Waals surface area contributed by atoms with E-state index in [1.165, 1.54) is 11.4 Å². The number of carbonyl (C=O) groups excluding carboxylic acids is 1. The zero-order valence-corrected chi connectivity index (χ0v) is 16.4. The molecule has 0 fully saturated rings. The van der Waals surface area contributed by atoms with Crippen LogP contribution in [0.5, 0.6) is 5.75 Å². The summed E-state index contributed by atoms with van der Waals surface area (Å²) < 4.78 is 30.5. The van der Waals surface area contributed by atoms with Crippen LogP contribution in [0.3, 0.4) is 0 Å². The molecule has 2 aromatic rings. The van der Waals surface area contributed by atoms with Crippen molar-refractivity contribution < 1.29 is 17.9 Å². The lowest BCUT2D eigenvalue weighted by atomic mass is 10.2. The number of aryl methyl sites for hydroxylation is 1. The van der Waals surface area contributed by atoms with E-state index in [4.69, 9.17) is 16.3 Å². The van der Waals surface area contributed by atoms with Crippen molar-refractivity contribution in [3.63, 3.8) is 0 Å². The number of ether oxygens (including phenoxy) is 1. The van der Waals surface area contributed by atoms with Gasteiger partial charge >= 0.3 is 0 Å². The molecule has 26 heavy (non-hydrogen) atoms. The molecule has 2 rings (SSSR count). The van der Waals surface area contributed by atoms with Gasteiger partial charge in [0.1, 0.15) is 5.75 Å². The lowest BCUT2D eigenvalue weighted by Gasteiger charge is -2.23. The Bertz CT molecular complexity index is 900. The maximum atomic E-state index is 12.2. The van der Waals surface area contributed by atoms with Crippen LogP contribution in [0.15, 0.2) is 42.5 Å². The summed E-state index contributed by atoms with van der Waals surface area (Å²) in [5.41, 5.74) is 1.75. The average molecular weight is 397 g/mol. The minimum absolute atomic E-state index is 0.0912. The summed E-state index contributed by atoms with van der Waals surface area (Å²) in [6, 6.07) is 11.8. The van der Waals surface area contributed by atoms with Crippen LogP contribution < -0.4 is 14.4 Å². The van der Waals surface area contributed by atoms with Crippen molar-refractivity contribution in [2.75, 3.05) is 30.8 Å². The molecule has 0 aromatic heterocycles. The molecule has 0 aliphatic heterocycles. The summed E-state index contributed by atoms with van der Waals surface area (Å²) in [5.74, 6) is 0.268. The molecule has 8 heteroatoms. The van der Waals surface area contributed by atoms with Crippen LogP contribution in [-0.2, 0) is 10.0 Å². The van der Waals surface area contributed by atoms with Crippen molar-refractivity contribution in [3.8, 4) is 5.75 Å². The van der Waals surface area contributed by atoms with E-state index in [0.717, 1.165) is 11.8 Å². The number of benzene rings is 2. The molecule has 1 N–H and O–H groups in total. The van der Waals surface area contributed by atoms with Crippen LogP contribution in [0.2, 0.25) is 5.02 Å². The lowest BCUT2D eigenvalue weighted by Crippen LogP contribution is -2.38. The normalized spacial score (nSPS) is 11.1. The number of methoxy groups -OCH3 is 1. The molecule has 0 radical (unpaired) electrons. The van der Waals surface area contributed by atoms with E-state index >= 15 is 0 Å². The molecule has 0 unspecified atom stereocenters. The van der Waals surface area contributed by atoms with Crippen molar-refractivity contribution in [2.45, 2.75) is 6.92 Å². The van der Waals surface area contributed by atoms with Gasteiger partial charge in [-0.25, -0.2) is 8.42 Å². The third kappa shape index (κ3) is 5.12. The predicted octanol–water partition coefficient (Wildman–Crippen LogP) is 2.85.